The van der Waals surface area contributed by atoms with Crippen LogP contribution in [0.5, 0.6) is 0 Å². The van der Waals surface area contributed by atoms with Crippen molar-refractivity contribution in [2.24, 2.45) is 0 Å². The molecule has 4 heterocycles. The van der Waals surface area contributed by atoms with Crippen LogP contribution in [-0.4, -0.2) is 18.8 Å². The minimum atomic E-state index is 0.984. The van der Waals surface area contributed by atoms with E-state index in [1.807, 2.05) is 42.9 Å². The van der Waals surface area contributed by atoms with Crippen molar-refractivity contribution in [3.05, 3.63) is 76.2 Å². The quantitative estimate of drug-likeness (QED) is 0.428. The normalized spacial score (nSPS) is 10.6. The van der Waals surface area contributed by atoms with Crippen molar-refractivity contribution >= 4 is 40.0 Å². The first kappa shape index (κ1) is 15.7. The zero-order valence-electron chi connectivity index (χ0n) is 13.1. The van der Waals surface area contributed by atoms with Gasteiger partial charge in [0.15, 0.2) is 0 Å². The van der Waals surface area contributed by atoms with Crippen molar-refractivity contribution in [3.63, 3.8) is 0 Å². The maximum Gasteiger partial charge on any atom is 0.136 e. The molecule has 0 aliphatic rings. The fourth-order valence-electron chi connectivity index (χ4n) is 2.47. The minimum absolute atomic E-state index is 0.984. The summed E-state index contributed by atoms with van der Waals surface area (Å²) in [5.74, 6) is 0. The van der Waals surface area contributed by atoms with Gasteiger partial charge in [0.25, 0.3) is 0 Å². The lowest BCUT2D eigenvalue weighted by atomic mass is 10.2. The Balaban J connectivity index is 0.000000136. The second kappa shape index (κ2) is 6.54. The van der Waals surface area contributed by atoms with Gasteiger partial charge in [0.2, 0.25) is 0 Å². The summed E-state index contributed by atoms with van der Waals surface area (Å²) in [5, 5.41) is 0. The van der Waals surface area contributed by atoms with E-state index in [9.17, 15) is 0 Å². The molecule has 116 valence electrons. The zero-order valence-corrected chi connectivity index (χ0v) is 15.2. The van der Waals surface area contributed by atoms with E-state index in [-0.39, 0.29) is 0 Å². The van der Waals surface area contributed by atoms with Crippen LogP contribution >= 0.6 is 22.6 Å². The number of hydrogen-bond donors (Lipinski definition) is 0. The second-order valence-corrected chi connectivity index (χ2v) is 6.32. The highest BCUT2D eigenvalue weighted by Gasteiger charge is 1.99. The van der Waals surface area contributed by atoms with Gasteiger partial charge >= 0.3 is 0 Å². The molecule has 23 heavy (non-hydrogen) atoms. The van der Waals surface area contributed by atoms with Crippen molar-refractivity contribution in [3.8, 4) is 0 Å². The highest BCUT2D eigenvalue weighted by Crippen LogP contribution is 2.13. The number of rotatable bonds is 1. The summed E-state index contributed by atoms with van der Waals surface area (Å²) in [6.45, 7) is 7.90. The van der Waals surface area contributed by atoms with Gasteiger partial charge in [0, 0.05) is 39.7 Å². The molecule has 4 rings (SSSR count). The van der Waals surface area contributed by atoms with Crippen LogP contribution in [0.15, 0.2) is 55.6 Å². The topological polar surface area (TPSA) is 34.6 Å². The Hall–Kier alpha value is -2.15. The van der Waals surface area contributed by atoms with E-state index in [0.29, 0.717) is 0 Å². The average Bonchev–Trinajstić information content (AvgIpc) is 3.21. The maximum atomic E-state index is 4.18. The molecule has 0 unspecified atom stereocenters. The first-order chi connectivity index (χ1) is 11.1. The number of nitrogens with zero attached hydrogens (tertiary/aromatic N) is 4. The molecule has 0 atom stereocenters. The van der Waals surface area contributed by atoms with E-state index in [4.69, 9.17) is 0 Å². The maximum absolute atomic E-state index is 4.18. The molecule has 0 aromatic carbocycles. The largest absolute Gasteiger partial charge is 0.304 e. The van der Waals surface area contributed by atoms with Crippen molar-refractivity contribution in [2.75, 3.05) is 0 Å². The molecule has 4 nitrogen and oxygen atoms in total. The van der Waals surface area contributed by atoms with E-state index in [0.717, 1.165) is 16.9 Å². The fourth-order valence-corrected chi connectivity index (χ4v) is 2.91. The van der Waals surface area contributed by atoms with Gasteiger partial charge in [-0.3, -0.25) is 0 Å². The van der Waals surface area contributed by atoms with Gasteiger partial charge in [-0.05, 0) is 66.3 Å². The summed E-state index contributed by atoms with van der Waals surface area (Å²) in [4.78, 5) is 8.36. The molecule has 0 saturated heterocycles. The molecule has 4 aromatic rings. The number of hydrogen-bond acceptors (Lipinski definition) is 2. The van der Waals surface area contributed by atoms with E-state index in [2.05, 4.69) is 67.9 Å². The number of pyridine rings is 2. The summed E-state index contributed by atoms with van der Waals surface area (Å²) in [5.41, 5.74) is 5.59. The van der Waals surface area contributed by atoms with E-state index in [1.54, 1.807) is 6.20 Å². The number of fused-ring (bicyclic) bond motifs is 2. The number of aromatic nitrogens is 4. The first-order valence-electron chi connectivity index (χ1n) is 7.25. The Morgan fingerprint density at radius 2 is 1.48 bits per heavy atom. The standard InChI is InChI=1S/C10H10N2.C8H7IN2/c1-3-9-4-5-10-11-6-7-12(10)8(9)2;1-6-7(9)2-3-8-10-4-5-11(6)8/h3-7H,1H2,2H3;2-5H,1H3. The van der Waals surface area contributed by atoms with Gasteiger partial charge in [-0.15, -0.1) is 0 Å². The fraction of sp³-hybridized carbons (Fsp3) is 0.111. The zero-order chi connectivity index (χ0) is 16.4. The Bertz CT molecular complexity index is 981. The summed E-state index contributed by atoms with van der Waals surface area (Å²) in [6.07, 6.45) is 9.41. The third kappa shape index (κ3) is 3.01. The van der Waals surface area contributed by atoms with Crippen LogP contribution in [0.25, 0.3) is 17.4 Å². The predicted molar refractivity (Wildman–Crippen MR) is 103 cm³/mol. The van der Waals surface area contributed by atoms with E-state index in [1.165, 1.54) is 15.0 Å². The van der Waals surface area contributed by atoms with Crippen LogP contribution in [0.4, 0.5) is 0 Å². The number of aryl methyl sites for hydroxylation is 2. The lowest BCUT2D eigenvalue weighted by molar-refractivity contribution is 1.08. The molecule has 0 aliphatic heterocycles. The highest BCUT2D eigenvalue weighted by molar-refractivity contribution is 14.1. The van der Waals surface area contributed by atoms with Crippen LogP contribution in [0.3, 0.4) is 0 Å². The molecule has 0 saturated carbocycles. The highest BCUT2D eigenvalue weighted by atomic mass is 127. The van der Waals surface area contributed by atoms with Crippen LogP contribution in [0.2, 0.25) is 0 Å². The van der Waals surface area contributed by atoms with E-state index >= 15 is 0 Å². The Labute approximate surface area is 148 Å². The molecule has 0 bridgehead atoms. The Morgan fingerprint density at radius 1 is 0.913 bits per heavy atom. The van der Waals surface area contributed by atoms with Gasteiger partial charge in [0.1, 0.15) is 11.3 Å². The molecule has 0 radical (unpaired) electrons. The molecule has 5 heteroatoms. The Kier molecular flexibility index (Phi) is 4.47. The molecule has 0 spiro atoms. The van der Waals surface area contributed by atoms with Crippen molar-refractivity contribution in [1.29, 1.82) is 0 Å². The number of imidazole rings is 2. The molecule has 0 N–H and O–H groups in total. The Morgan fingerprint density at radius 3 is 2.09 bits per heavy atom. The molecular formula is C18H17IN4. The summed E-state index contributed by atoms with van der Waals surface area (Å²) in [7, 11) is 0. The smallest absolute Gasteiger partial charge is 0.136 e. The molecular weight excluding hydrogens is 399 g/mol. The summed E-state index contributed by atoms with van der Waals surface area (Å²) >= 11 is 2.32. The van der Waals surface area contributed by atoms with Crippen LogP contribution in [0, 0.1) is 17.4 Å². The van der Waals surface area contributed by atoms with Crippen LogP contribution in [-0.2, 0) is 0 Å². The predicted octanol–water partition coefficient (Wildman–Crippen LogP) is 4.53. The molecule has 4 aromatic heterocycles. The summed E-state index contributed by atoms with van der Waals surface area (Å²) < 4.78 is 5.41. The average molecular weight is 416 g/mol. The van der Waals surface area contributed by atoms with Gasteiger partial charge in [-0.25, -0.2) is 9.97 Å². The van der Waals surface area contributed by atoms with Crippen LogP contribution < -0.4 is 0 Å². The van der Waals surface area contributed by atoms with Crippen LogP contribution in [0.1, 0.15) is 17.0 Å². The van der Waals surface area contributed by atoms with Gasteiger partial charge in [-0.1, -0.05) is 12.7 Å². The van der Waals surface area contributed by atoms with Crippen molar-refractivity contribution < 1.29 is 0 Å². The SMILES string of the molecule is C=Cc1ccc2nccn2c1C.Cc1c(I)ccc2nccn12. The third-order valence-electron chi connectivity index (χ3n) is 3.84. The van der Waals surface area contributed by atoms with Crippen molar-refractivity contribution in [1.82, 2.24) is 18.8 Å². The lowest BCUT2D eigenvalue weighted by Crippen LogP contribution is -1.92. The summed E-state index contributed by atoms with van der Waals surface area (Å²) in [6, 6.07) is 8.13. The second-order valence-electron chi connectivity index (χ2n) is 5.16. The molecule has 0 amide bonds. The van der Waals surface area contributed by atoms with Gasteiger partial charge in [-0.2, -0.15) is 0 Å². The van der Waals surface area contributed by atoms with E-state index < -0.39 is 0 Å². The third-order valence-corrected chi connectivity index (χ3v) is 4.98. The minimum Gasteiger partial charge on any atom is -0.304 e. The molecule has 0 aliphatic carbocycles. The van der Waals surface area contributed by atoms with Gasteiger partial charge < -0.3 is 8.80 Å². The monoisotopic (exact) mass is 416 g/mol. The first-order valence-corrected chi connectivity index (χ1v) is 8.33. The van der Waals surface area contributed by atoms with Gasteiger partial charge in [0.05, 0.1) is 0 Å². The number of halogens is 1. The van der Waals surface area contributed by atoms with Crippen molar-refractivity contribution in [2.45, 2.75) is 13.8 Å². The molecule has 0 fully saturated rings. The lowest BCUT2D eigenvalue weighted by Gasteiger charge is -2.02.